The number of fused-ring (bicyclic) bond motifs is 1. The van der Waals surface area contributed by atoms with Crippen molar-refractivity contribution < 1.29 is 8.42 Å². The summed E-state index contributed by atoms with van der Waals surface area (Å²) < 4.78 is 26.7. The van der Waals surface area contributed by atoms with Gasteiger partial charge in [0.05, 0.1) is 4.90 Å². The van der Waals surface area contributed by atoms with Gasteiger partial charge in [0.25, 0.3) is 10.0 Å². The monoisotopic (exact) mass is 245 g/mol. The third kappa shape index (κ3) is 2.03. The Labute approximate surface area is 100 Å². The smallest absolute Gasteiger partial charge is 0.261 e. The van der Waals surface area contributed by atoms with Crippen molar-refractivity contribution in [2.75, 3.05) is 4.72 Å². The van der Waals surface area contributed by atoms with E-state index >= 15 is 0 Å². The molecule has 0 atom stereocenters. The highest BCUT2D eigenvalue weighted by Crippen LogP contribution is 2.30. The van der Waals surface area contributed by atoms with Crippen LogP contribution in [0.1, 0.15) is 11.1 Å². The molecule has 2 aromatic rings. The number of hydrogen-bond acceptors (Lipinski definition) is 2. The topological polar surface area (TPSA) is 46.2 Å². The zero-order valence-electron chi connectivity index (χ0n) is 9.05. The quantitative estimate of drug-likeness (QED) is 0.770. The standard InChI is InChI=1S/C13H11NO2S/c15-17(16,14-12-4-2-1-3-5-12)13-7-6-10-8-11(10)9-13/h1-7,9,14H,8H2. The highest BCUT2D eigenvalue weighted by Gasteiger charge is 2.21. The van der Waals surface area contributed by atoms with E-state index in [0.29, 0.717) is 10.6 Å². The molecule has 0 aromatic heterocycles. The molecular weight excluding hydrogens is 234 g/mol. The van der Waals surface area contributed by atoms with Crippen molar-refractivity contribution in [1.29, 1.82) is 0 Å². The first-order valence-corrected chi connectivity index (χ1v) is 6.83. The second-order valence-corrected chi connectivity index (χ2v) is 5.76. The molecule has 2 aromatic carbocycles. The van der Waals surface area contributed by atoms with Crippen molar-refractivity contribution in [3.8, 4) is 0 Å². The zero-order chi connectivity index (χ0) is 11.9. The van der Waals surface area contributed by atoms with E-state index in [0.717, 1.165) is 12.0 Å². The number of anilines is 1. The summed E-state index contributed by atoms with van der Waals surface area (Å²) in [7, 11) is -3.45. The Balaban J connectivity index is 1.92. The normalized spacial score (nSPS) is 12.9. The van der Waals surface area contributed by atoms with Crippen molar-refractivity contribution in [1.82, 2.24) is 0 Å². The molecule has 1 aliphatic rings. The molecule has 0 saturated heterocycles. The molecule has 0 spiro atoms. The van der Waals surface area contributed by atoms with Gasteiger partial charge < -0.3 is 0 Å². The van der Waals surface area contributed by atoms with Crippen LogP contribution in [0.25, 0.3) is 0 Å². The summed E-state index contributed by atoms with van der Waals surface area (Å²) in [6.07, 6.45) is 0.918. The molecule has 0 aliphatic heterocycles. The van der Waals surface area contributed by atoms with Crippen LogP contribution >= 0.6 is 0 Å². The molecule has 3 rings (SSSR count). The summed E-state index contributed by atoms with van der Waals surface area (Å²) in [5, 5.41) is 0. The fourth-order valence-electron chi connectivity index (χ4n) is 1.76. The maximum atomic E-state index is 12.1. The average Bonchev–Trinajstić information content (AvgIpc) is 3.07. The first-order valence-electron chi connectivity index (χ1n) is 5.35. The van der Waals surface area contributed by atoms with Crippen LogP contribution in [0.15, 0.2) is 53.4 Å². The first-order chi connectivity index (χ1) is 8.15. The maximum absolute atomic E-state index is 12.1. The van der Waals surface area contributed by atoms with Gasteiger partial charge >= 0.3 is 0 Å². The Hall–Kier alpha value is -1.81. The van der Waals surface area contributed by atoms with Crippen LogP contribution in [0.2, 0.25) is 0 Å². The molecule has 0 radical (unpaired) electrons. The minimum absolute atomic E-state index is 0.331. The minimum atomic E-state index is -3.45. The Morgan fingerprint density at radius 3 is 2.41 bits per heavy atom. The van der Waals surface area contributed by atoms with Crippen molar-refractivity contribution in [3.05, 3.63) is 59.7 Å². The third-order valence-corrected chi connectivity index (χ3v) is 4.15. The molecule has 0 amide bonds. The Kier molecular flexibility index (Phi) is 2.19. The first kappa shape index (κ1) is 10.4. The van der Waals surface area contributed by atoms with Gasteiger partial charge in [-0.15, -0.1) is 0 Å². The van der Waals surface area contributed by atoms with Crippen molar-refractivity contribution in [3.63, 3.8) is 0 Å². The van der Waals surface area contributed by atoms with Gasteiger partial charge in [-0.05, 0) is 41.8 Å². The van der Waals surface area contributed by atoms with Crippen molar-refractivity contribution >= 4 is 15.7 Å². The largest absolute Gasteiger partial charge is 0.280 e. The van der Waals surface area contributed by atoms with Crippen molar-refractivity contribution in [2.24, 2.45) is 0 Å². The SMILES string of the molecule is O=S(=O)(Nc1ccccc1)c1ccc2c(c1)C2. The third-order valence-electron chi connectivity index (χ3n) is 2.77. The molecule has 1 N–H and O–H groups in total. The molecule has 0 heterocycles. The molecule has 3 nitrogen and oxygen atoms in total. The van der Waals surface area contributed by atoms with Gasteiger partial charge in [0, 0.05) is 5.69 Å². The van der Waals surface area contributed by atoms with Gasteiger partial charge in [0.1, 0.15) is 0 Å². The number of benzene rings is 2. The second-order valence-electron chi connectivity index (χ2n) is 4.08. The summed E-state index contributed by atoms with van der Waals surface area (Å²) in [6.45, 7) is 0. The van der Waals surface area contributed by atoms with Gasteiger partial charge in [-0.25, -0.2) is 8.42 Å². The predicted octanol–water partition coefficient (Wildman–Crippen LogP) is 2.39. The number of rotatable bonds is 3. The highest BCUT2D eigenvalue weighted by atomic mass is 32.2. The average molecular weight is 245 g/mol. The van der Waals surface area contributed by atoms with E-state index in [1.807, 2.05) is 12.1 Å². The van der Waals surface area contributed by atoms with Crippen LogP contribution in [0, 0.1) is 0 Å². The molecule has 0 bridgehead atoms. The zero-order valence-corrected chi connectivity index (χ0v) is 9.87. The van der Waals surface area contributed by atoms with Gasteiger partial charge in [-0.1, -0.05) is 24.3 Å². The van der Waals surface area contributed by atoms with Crippen molar-refractivity contribution in [2.45, 2.75) is 11.3 Å². The lowest BCUT2D eigenvalue weighted by Gasteiger charge is -2.07. The van der Waals surface area contributed by atoms with Crippen LogP contribution in [-0.2, 0) is 16.4 Å². The summed E-state index contributed by atoms with van der Waals surface area (Å²) in [5.74, 6) is 0. The lowest BCUT2D eigenvalue weighted by molar-refractivity contribution is 0.601. The predicted molar refractivity (Wildman–Crippen MR) is 66.5 cm³/mol. The van der Waals surface area contributed by atoms with E-state index in [2.05, 4.69) is 4.72 Å². The van der Waals surface area contributed by atoms with Gasteiger partial charge in [-0.2, -0.15) is 0 Å². The van der Waals surface area contributed by atoms with E-state index in [1.165, 1.54) is 5.56 Å². The number of hydrogen-bond donors (Lipinski definition) is 1. The summed E-state index contributed by atoms with van der Waals surface area (Å²) in [6, 6.07) is 14.2. The van der Waals surface area contributed by atoms with Crippen LogP contribution in [0.4, 0.5) is 5.69 Å². The van der Waals surface area contributed by atoms with E-state index in [9.17, 15) is 8.42 Å². The highest BCUT2D eigenvalue weighted by molar-refractivity contribution is 7.92. The van der Waals surface area contributed by atoms with Crippen LogP contribution in [-0.4, -0.2) is 8.42 Å². The lowest BCUT2D eigenvalue weighted by atomic mass is 10.3. The fraction of sp³-hybridized carbons (Fsp3) is 0.0769. The van der Waals surface area contributed by atoms with Gasteiger partial charge in [0.2, 0.25) is 0 Å². The van der Waals surface area contributed by atoms with Gasteiger partial charge in [-0.3, -0.25) is 4.72 Å². The Morgan fingerprint density at radius 1 is 0.941 bits per heavy atom. The molecule has 0 saturated carbocycles. The molecule has 17 heavy (non-hydrogen) atoms. The Bertz CT molecular complexity index is 663. The van der Waals surface area contributed by atoms with E-state index in [-0.39, 0.29) is 0 Å². The fourth-order valence-corrected chi connectivity index (χ4v) is 2.87. The number of nitrogens with one attached hydrogen (secondary N) is 1. The second kappa shape index (κ2) is 3.60. The molecule has 4 heteroatoms. The summed E-state index contributed by atoms with van der Waals surface area (Å²) in [4.78, 5) is 0.331. The minimum Gasteiger partial charge on any atom is -0.280 e. The molecule has 0 fully saturated rings. The van der Waals surface area contributed by atoms with E-state index in [1.54, 1.807) is 36.4 Å². The lowest BCUT2D eigenvalue weighted by Crippen LogP contribution is -2.12. The van der Waals surface area contributed by atoms with Gasteiger partial charge in [0.15, 0.2) is 0 Å². The van der Waals surface area contributed by atoms with Crippen LogP contribution in [0.5, 0.6) is 0 Å². The molecular formula is C13H11NO2S. The van der Waals surface area contributed by atoms with Crippen LogP contribution < -0.4 is 4.72 Å². The number of para-hydroxylation sites is 1. The van der Waals surface area contributed by atoms with E-state index < -0.39 is 10.0 Å². The molecule has 86 valence electrons. The maximum Gasteiger partial charge on any atom is 0.261 e. The summed E-state index contributed by atoms with van der Waals surface area (Å²) in [5.41, 5.74) is 2.95. The van der Waals surface area contributed by atoms with E-state index in [4.69, 9.17) is 0 Å². The number of sulfonamides is 1. The summed E-state index contributed by atoms with van der Waals surface area (Å²) >= 11 is 0. The molecule has 1 aliphatic carbocycles. The van der Waals surface area contributed by atoms with Crippen LogP contribution in [0.3, 0.4) is 0 Å². The Morgan fingerprint density at radius 2 is 1.71 bits per heavy atom. The molecule has 0 unspecified atom stereocenters.